The van der Waals surface area contributed by atoms with E-state index in [1.54, 1.807) is 0 Å². The highest BCUT2D eigenvalue weighted by Crippen LogP contribution is 2.31. The first kappa shape index (κ1) is 8.23. The fourth-order valence-electron chi connectivity index (χ4n) is 1.25. The van der Waals surface area contributed by atoms with Crippen molar-refractivity contribution in [3.05, 3.63) is 0 Å². The third-order valence-electron chi connectivity index (χ3n) is 1.83. The van der Waals surface area contributed by atoms with E-state index in [-0.39, 0.29) is 5.38 Å². The van der Waals surface area contributed by atoms with Crippen molar-refractivity contribution in [1.82, 2.24) is 0 Å². The third-order valence-corrected chi connectivity index (χ3v) is 3.47. The largest absolute Gasteiger partial charge is 0.185 e. The Morgan fingerprint density at radius 2 is 2.10 bits per heavy atom. The summed E-state index contributed by atoms with van der Waals surface area (Å²) in [6.45, 7) is 0. The molecule has 0 spiro atoms. The van der Waals surface area contributed by atoms with E-state index in [0.717, 1.165) is 12.8 Å². The Kier molecular flexibility index (Phi) is 3.37. The van der Waals surface area contributed by atoms with Gasteiger partial charge in [-0.3, -0.25) is 0 Å². The highest BCUT2D eigenvalue weighted by Gasteiger charge is 2.23. The SMILES string of the molecule is N#CSC1CCCCC1Cl. The van der Waals surface area contributed by atoms with Crippen LogP contribution in [0.5, 0.6) is 0 Å². The highest BCUT2D eigenvalue weighted by molar-refractivity contribution is 8.04. The summed E-state index contributed by atoms with van der Waals surface area (Å²) in [5, 5.41) is 11.1. The number of thiocyanates is 1. The first-order valence-corrected chi connectivity index (χ1v) is 4.85. The minimum absolute atomic E-state index is 0.235. The number of hydrogen-bond acceptors (Lipinski definition) is 2. The van der Waals surface area contributed by atoms with Crippen LogP contribution in [0.1, 0.15) is 25.7 Å². The van der Waals surface area contributed by atoms with E-state index in [1.807, 2.05) is 0 Å². The van der Waals surface area contributed by atoms with Gasteiger partial charge in [-0.25, -0.2) is 0 Å². The molecule has 1 aliphatic rings. The van der Waals surface area contributed by atoms with Gasteiger partial charge in [0.1, 0.15) is 5.40 Å². The van der Waals surface area contributed by atoms with E-state index in [9.17, 15) is 0 Å². The standard InChI is InChI=1S/C7H10ClNS/c8-6-3-1-2-4-7(6)10-5-9/h6-7H,1-4H2. The minimum Gasteiger partial charge on any atom is -0.185 e. The van der Waals surface area contributed by atoms with Gasteiger partial charge in [0.25, 0.3) is 0 Å². The smallest absolute Gasteiger partial charge is 0.133 e. The summed E-state index contributed by atoms with van der Waals surface area (Å²) in [4.78, 5) is 0. The number of alkyl halides is 1. The Labute approximate surface area is 70.7 Å². The molecule has 2 atom stereocenters. The van der Waals surface area contributed by atoms with Crippen LogP contribution in [0.3, 0.4) is 0 Å². The maximum Gasteiger partial charge on any atom is 0.133 e. The van der Waals surface area contributed by atoms with Crippen molar-refractivity contribution in [3.63, 3.8) is 0 Å². The topological polar surface area (TPSA) is 23.8 Å². The van der Waals surface area contributed by atoms with Crippen LogP contribution in [0.15, 0.2) is 0 Å². The quantitative estimate of drug-likeness (QED) is 0.452. The third kappa shape index (κ3) is 2.07. The van der Waals surface area contributed by atoms with E-state index < -0.39 is 0 Å². The highest BCUT2D eigenvalue weighted by atomic mass is 35.5. The van der Waals surface area contributed by atoms with Gasteiger partial charge < -0.3 is 0 Å². The Balaban J connectivity index is 2.34. The van der Waals surface area contributed by atoms with Crippen molar-refractivity contribution in [3.8, 4) is 5.40 Å². The van der Waals surface area contributed by atoms with Crippen LogP contribution in [0, 0.1) is 10.7 Å². The summed E-state index contributed by atoms with van der Waals surface area (Å²) >= 11 is 7.32. The number of halogens is 1. The van der Waals surface area contributed by atoms with Gasteiger partial charge >= 0.3 is 0 Å². The summed E-state index contributed by atoms with van der Waals surface area (Å²) < 4.78 is 0. The lowest BCUT2D eigenvalue weighted by Gasteiger charge is -2.23. The van der Waals surface area contributed by atoms with Crippen LogP contribution in [-0.2, 0) is 0 Å². The predicted molar refractivity (Wildman–Crippen MR) is 45.1 cm³/mol. The molecule has 0 amide bonds. The molecule has 1 aliphatic carbocycles. The van der Waals surface area contributed by atoms with Crippen LogP contribution in [0.4, 0.5) is 0 Å². The number of nitriles is 1. The molecule has 0 N–H and O–H groups in total. The van der Waals surface area contributed by atoms with Crippen LogP contribution in [-0.4, -0.2) is 10.6 Å². The number of rotatable bonds is 1. The van der Waals surface area contributed by atoms with E-state index in [0.29, 0.717) is 5.25 Å². The zero-order valence-corrected chi connectivity index (χ0v) is 7.29. The summed E-state index contributed by atoms with van der Waals surface area (Å²) in [7, 11) is 0. The number of nitrogens with zero attached hydrogens (tertiary/aromatic N) is 1. The molecule has 1 fully saturated rings. The summed E-state index contributed by atoms with van der Waals surface area (Å²) in [5.74, 6) is 0. The van der Waals surface area contributed by atoms with Gasteiger partial charge in [-0.05, 0) is 24.6 Å². The molecule has 0 radical (unpaired) electrons. The molecular formula is C7H10ClNS. The molecule has 0 heterocycles. The molecule has 0 saturated heterocycles. The van der Waals surface area contributed by atoms with Crippen LogP contribution in [0.2, 0.25) is 0 Å². The maximum atomic E-state index is 8.39. The Hall–Kier alpha value is 0.130. The second-order valence-electron chi connectivity index (χ2n) is 2.55. The first-order chi connectivity index (χ1) is 4.84. The average Bonchev–Trinajstić information content (AvgIpc) is 1.94. The molecule has 3 heteroatoms. The molecule has 0 aromatic heterocycles. The predicted octanol–water partition coefficient (Wildman–Crippen LogP) is 2.75. The fourth-order valence-corrected chi connectivity index (χ4v) is 2.39. The summed E-state index contributed by atoms with van der Waals surface area (Å²) in [6.07, 6.45) is 4.67. The number of hydrogen-bond donors (Lipinski definition) is 0. The molecule has 56 valence electrons. The molecular weight excluding hydrogens is 166 g/mol. The zero-order chi connectivity index (χ0) is 7.40. The number of thioether (sulfide) groups is 1. The molecule has 1 rings (SSSR count). The second kappa shape index (κ2) is 4.10. The van der Waals surface area contributed by atoms with E-state index >= 15 is 0 Å². The van der Waals surface area contributed by atoms with Gasteiger partial charge in [-0.15, -0.1) is 11.6 Å². The summed E-state index contributed by atoms with van der Waals surface area (Å²) in [5.41, 5.74) is 0. The van der Waals surface area contributed by atoms with E-state index in [4.69, 9.17) is 16.9 Å². The molecule has 1 saturated carbocycles. The van der Waals surface area contributed by atoms with Crippen LogP contribution in [0.25, 0.3) is 0 Å². The lowest BCUT2D eigenvalue weighted by Crippen LogP contribution is -2.21. The van der Waals surface area contributed by atoms with Gasteiger partial charge in [-0.1, -0.05) is 12.8 Å². The van der Waals surface area contributed by atoms with Gasteiger partial charge in [-0.2, -0.15) is 5.26 Å². The molecule has 0 aliphatic heterocycles. The Bertz CT molecular complexity index is 143. The molecule has 0 bridgehead atoms. The van der Waals surface area contributed by atoms with Crippen LogP contribution >= 0.6 is 23.4 Å². The molecule has 2 unspecified atom stereocenters. The maximum absolute atomic E-state index is 8.39. The zero-order valence-electron chi connectivity index (χ0n) is 5.72. The Morgan fingerprint density at radius 3 is 2.70 bits per heavy atom. The van der Waals surface area contributed by atoms with Gasteiger partial charge in [0, 0.05) is 10.6 Å². The van der Waals surface area contributed by atoms with E-state index in [2.05, 4.69) is 5.40 Å². The van der Waals surface area contributed by atoms with Gasteiger partial charge in [0.2, 0.25) is 0 Å². The second-order valence-corrected chi connectivity index (χ2v) is 4.13. The van der Waals surface area contributed by atoms with E-state index in [1.165, 1.54) is 24.6 Å². The lowest BCUT2D eigenvalue weighted by molar-refractivity contribution is 0.523. The van der Waals surface area contributed by atoms with Gasteiger partial charge in [0.15, 0.2) is 0 Å². The normalized spacial score (nSPS) is 33.2. The van der Waals surface area contributed by atoms with Crippen molar-refractivity contribution in [2.45, 2.75) is 36.3 Å². The van der Waals surface area contributed by atoms with Crippen LogP contribution < -0.4 is 0 Å². The fraction of sp³-hybridized carbons (Fsp3) is 0.857. The Morgan fingerprint density at radius 1 is 1.40 bits per heavy atom. The van der Waals surface area contributed by atoms with Crippen molar-refractivity contribution < 1.29 is 0 Å². The first-order valence-electron chi connectivity index (χ1n) is 3.53. The molecule has 1 nitrogen and oxygen atoms in total. The van der Waals surface area contributed by atoms with Crippen molar-refractivity contribution in [2.75, 3.05) is 0 Å². The minimum atomic E-state index is 0.235. The van der Waals surface area contributed by atoms with Crippen molar-refractivity contribution >= 4 is 23.4 Å². The lowest BCUT2D eigenvalue weighted by atomic mass is 10.00. The average molecular weight is 176 g/mol. The molecule has 10 heavy (non-hydrogen) atoms. The molecule has 0 aromatic rings. The summed E-state index contributed by atoms with van der Waals surface area (Å²) in [6, 6.07) is 0. The van der Waals surface area contributed by atoms with Crippen molar-refractivity contribution in [1.29, 1.82) is 5.26 Å². The monoisotopic (exact) mass is 175 g/mol. The molecule has 0 aromatic carbocycles. The van der Waals surface area contributed by atoms with Crippen molar-refractivity contribution in [2.24, 2.45) is 0 Å². The van der Waals surface area contributed by atoms with Gasteiger partial charge in [0.05, 0.1) is 0 Å².